The van der Waals surface area contributed by atoms with Crippen molar-refractivity contribution in [1.82, 2.24) is 9.47 Å². The molecule has 0 fully saturated rings. The highest BCUT2D eigenvalue weighted by Gasteiger charge is 2.28. The summed E-state index contributed by atoms with van der Waals surface area (Å²) in [5.74, 6) is -6.04. The fourth-order valence-electron chi connectivity index (χ4n) is 3.75. The quantitative estimate of drug-likeness (QED) is 0.700. The first-order chi connectivity index (χ1) is 13.4. The van der Waals surface area contributed by atoms with Crippen molar-refractivity contribution in [3.05, 3.63) is 70.7 Å². The predicted molar refractivity (Wildman–Crippen MR) is 94.3 cm³/mol. The van der Waals surface area contributed by atoms with E-state index in [0.717, 1.165) is 22.2 Å². The Hall–Kier alpha value is -3.29. The zero-order valence-corrected chi connectivity index (χ0v) is 14.6. The number of aliphatic carboxylic acids is 1. The van der Waals surface area contributed by atoms with Gasteiger partial charge in [-0.05, 0) is 18.2 Å². The van der Waals surface area contributed by atoms with Crippen LogP contribution in [0.4, 0.5) is 13.2 Å². The fraction of sp³-hybridized carbons (Fsp3) is 0.200. The van der Waals surface area contributed by atoms with Crippen molar-refractivity contribution in [3.63, 3.8) is 0 Å². The third kappa shape index (κ3) is 2.90. The van der Waals surface area contributed by atoms with E-state index in [4.69, 9.17) is 0 Å². The van der Waals surface area contributed by atoms with Crippen LogP contribution in [-0.4, -0.2) is 33.0 Å². The molecular weight excluding hydrogens is 373 g/mol. The molecule has 0 radical (unpaired) electrons. The number of rotatable bonds is 3. The maximum Gasteiger partial charge on any atom is 0.323 e. The van der Waals surface area contributed by atoms with Crippen molar-refractivity contribution in [2.75, 3.05) is 6.54 Å². The zero-order chi connectivity index (χ0) is 20.0. The summed E-state index contributed by atoms with van der Waals surface area (Å²) in [4.78, 5) is 25.4. The number of carbonyl (C=O) groups excluding carboxylic acids is 1. The second kappa shape index (κ2) is 6.70. The van der Waals surface area contributed by atoms with Gasteiger partial charge in [-0.3, -0.25) is 9.59 Å². The lowest BCUT2D eigenvalue weighted by molar-refractivity contribution is -0.137. The first-order valence-electron chi connectivity index (χ1n) is 8.61. The third-order valence-electron chi connectivity index (χ3n) is 4.97. The maximum absolute atomic E-state index is 13.5. The summed E-state index contributed by atoms with van der Waals surface area (Å²) in [6.07, 6.45) is 0.398. The Morgan fingerprint density at radius 2 is 1.75 bits per heavy atom. The van der Waals surface area contributed by atoms with Crippen molar-refractivity contribution in [1.29, 1.82) is 0 Å². The first-order valence-corrected chi connectivity index (χ1v) is 8.61. The summed E-state index contributed by atoms with van der Waals surface area (Å²) >= 11 is 0. The maximum atomic E-state index is 13.5. The molecule has 8 heteroatoms. The number of hydrogen-bond donors (Lipinski definition) is 1. The Bertz CT molecular complexity index is 1100. The number of fused-ring (bicyclic) bond motifs is 3. The van der Waals surface area contributed by atoms with Gasteiger partial charge in [-0.1, -0.05) is 18.2 Å². The summed E-state index contributed by atoms with van der Waals surface area (Å²) < 4.78 is 41.9. The van der Waals surface area contributed by atoms with Gasteiger partial charge in [-0.15, -0.1) is 0 Å². The van der Waals surface area contributed by atoms with Gasteiger partial charge in [0.1, 0.15) is 6.54 Å². The molecule has 2 heterocycles. The van der Waals surface area contributed by atoms with Gasteiger partial charge in [-0.2, -0.15) is 0 Å². The Balaban J connectivity index is 1.72. The van der Waals surface area contributed by atoms with E-state index >= 15 is 0 Å². The van der Waals surface area contributed by atoms with Crippen LogP contribution >= 0.6 is 0 Å². The normalized spacial score (nSPS) is 13.6. The van der Waals surface area contributed by atoms with Crippen LogP contribution in [-0.2, 0) is 24.3 Å². The van der Waals surface area contributed by atoms with E-state index in [9.17, 15) is 27.9 Å². The molecule has 1 N–H and O–H groups in total. The topological polar surface area (TPSA) is 62.5 Å². The number of carboxylic acids is 1. The molecule has 144 valence electrons. The van der Waals surface area contributed by atoms with Crippen LogP contribution in [0, 0.1) is 17.5 Å². The van der Waals surface area contributed by atoms with Gasteiger partial charge in [0.05, 0.1) is 0 Å². The van der Waals surface area contributed by atoms with E-state index < -0.39 is 29.3 Å². The van der Waals surface area contributed by atoms with Crippen LogP contribution in [0.25, 0.3) is 10.9 Å². The molecule has 0 unspecified atom stereocenters. The number of carboxylic acid groups (broad SMARTS) is 1. The Morgan fingerprint density at radius 1 is 1.07 bits per heavy atom. The predicted octanol–water partition coefficient (Wildman–Crippen LogP) is 3.34. The van der Waals surface area contributed by atoms with Crippen molar-refractivity contribution in [3.8, 4) is 0 Å². The SMILES string of the molecule is O=C(O)Cn1c2c(c3ccccc31)CN(C(=O)c1cc(F)c(F)c(F)c1)CC2. The molecule has 0 spiro atoms. The minimum atomic E-state index is -1.62. The molecule has 1 aliphatic heterocycles. The van der Waals surface area contributed by atoms with E-state index in [1.165, 1.54) is 4.90 Å². The number of halogens is 3. The lowest BCUT2D eigenvalue weighted by Gasteiger charge is -2.28. The van der Waals surface area contributed by atoms with E-state index in [-0.39, 0.29) is 25.2 Å². The Kier molecular flexibility index (Phi) is 4.33. The zero-order valence-electron chi connectivity index (χ0n) is 14.6. The molecule has 5 nitrogen and oxygen atoms in total. The highest BCUT2D eigenvalue weighted by atomic mass is 19.2. The molecule has 2 aromatic carbocycles. The summed E-state index contributed by atoms with van der Waals surface area (Å²) in [5.41, 5.74) is 2.11. The Labute approximate surface area is 157 Å². The summed E-state index contributed by atoms with van der Waals surface area (Å²) in [6.45, 7) is 0.225. The van der Waals surface area contributed by atoms with Crippen LogP contribution < -0.4 is 0 Å². The highest BCUT2D eigenvalue weighted by Crippen LogP contribution is 2.31. The minimum absolute atomic E-state index is 0.169. The summed E-state index contributed by atoms with van der Waals surface area (Å²) in [5, 5.41) is 10.0. The van der Waals surface area contributed by atoms with Gasteiger partial charge >= 0.3 is 5.97 Å². The number of carbonyl (C=O) groups is 2. The Morgan fingerprint density at radius 3 is 2.43 bits per heavy atom. The molecule has 0 bridgehead atoms. The van der Waals surface area contributed by atoms with E-state index in [2.05, 4.69) is 0 Å². The molecule has 0 saturated carbocycles. The second-order valence-electron chi connectivity index (χ2n) is 6.65. The standard InChI is InChI=1S/C20H15F3N2O3/c21-14-7-11(8-15(22)19(14)23)20(28)24-6-5-17-13(9-24)12-3-1-2-4-16(12)25(17)10-18(26)27/h1-4,7-8H,5-6,9-10H2,(H,26,27). The largest absolute Gasteiger partial charge is 0.480 e. The average molecular weight is 388 g/mol. The fourth-order valence-corrected chi connectivity index (χ4v) is 3.75. The lowest BCUT2D eigenvalue weighted by atomic mass is 10.0. The van der Waals surface area contributed by atoms with E-state index in [1.807, 2.05) is 18.2 Å². The smallest absolute Gasteiger partial charge is 0.323 e. The van der Waals surface area contributed by atoms with Gasteiger partial charge in [0.25, 0.3) is 5.91 Å². The minimum Gasteiger partial charge on any atom is -0.480 e. The van der Waals surface area contributed by atoms with E-state index in [0.29, 0.717) is 18.6 Å². The number of aromatic nitrogens is 1. The molecular formula is C20H15F3N2O3. The van der Waals surface area contributed by atoms with Gasteiger partial charge in [-0.25, -0.2) is 13.2 Å². The highest BCUT2D eigenvalue weighted by molar-refractivity contribution is 5.95. The van der Waals surface area contributed by atoms with E-state index in [1.54, 1.807) is 10.6 Å². The third-order valence-corrected chi connectivity index (χ3v) is 4.97. The van der Waals surface area contributed by atoms with Gasteiger partial charge in [0.2, 0.25) is 0 Å². The van der Waals surface area contributed by atoms with Gasteiger partial charge in [0.15, 0.2) is 17.5 Å². The van der Waals surface area contributed by atoms with Crippen molar-refractivity contribution in [2.45, 2.75) is 19.5 Å². The number of para-hydroxylation sites is 1. The van der Waals surface area contributed by atoms with Crippen molar-refractivity contribution in [2.24, 2.45) is 0 Å². The first kappa shape index (κ1) is 18.1. The molecule has 1 aliphatic rings. The second-order valence-corrected chi connectivity index (χ2v) is 6.65. The van der Waals surface area contributed by atoms with Crippen LogP contribution in [0.15, 0.2) is 36.4 Å². The summed E-state index contributed by atoms with van der Waals surface area (Å²) in [7, 11) is 0. The monoisotopic (exact) mass is 388 g/mol. The number of benzene rings is 2. The van der Waals surface area contributed by atoms with Crippen LogP contribution in [0.2, 0.25) is 0 Å². The molecule has 3 aromatic rings. The van der Waals surface area contributed by atoms with Crippen LogP contribution in [0.1, 0.15) is 21.6 Å². The molecule has 1 amide bonds. The number of amides is 1. The molecule has 28 heavy (non-hydrogen) atoms. The van der Waals surface area contributed by atoms with Gasteiger partial charge in [0, 0.05) is 47.2 Å². The van der Waals surface area contributed by atoms with Gasteiger partial charge < -0.3 is 14.6 Å². The summed E-state index contributed by atoms with van der Waals surface area (Å²) in [6, 6.07) is 8.65. The van der Waals surface area contributed by atoms with Crippen LogP contribution in [0.5, 0.6) is 0 Å². The molecule has 0 saturated heterocycles. The number of hydrogen-bond acceptors (Lipinski definition) is 2. The van der Waals surface area contributed by atoms with Crippen LogP contribution in [0.3, 0.4) is 0 Å². The average Bonchev–Trinajstić information content (AvgIpc) is 2.98. The molecule has 0 aliphatic carbocycles. The van der Waals surface area contributed by atoms with Crippen molar-refractivity contribution >= 4 is 22.8 Å². The lowest BCUT2D eigenvalue weighted by Crippen LogP contribution is -2.36. The molecule has 1 aromatic heterocycles. The molecule has 4 rings (SSSR count). The molecule has 0 atom stereocenters. The number of nitrogens with zero attached hydrogens (tertiary/aromatic N) is 2. The van der Waals surface area contributed by atoms with Crippen molar-refractivity contribution < 1.29 is 27.9 Å².